The number of carbonyl (C=O) groups is 1. The summed E-state index contributed by atoms with van der Waals surface area (Å²) in [6.45, 7) is 1.66. The summed E-state index contributed by atoms with van der Waals surface area (Å²) in [6.07, 6.45) is 1.34. The summed E-state index contributed by atoms with van der Waals surface area (Å²) in [5, 5.41) is 17.1. The minimum Gasteiger partial charge on any atom is -0.388 e. The number of aliphatic hydroxyl groups is 1. The number of amides is 1. The van der Waals surface area contributed by atoms with Gasteiger partial charge in [-0.15, -0.1) is 5.10 Å². The first kappa shape index (κ1) is 16.9. The highest BCUT2D eigenvalue weighted by atomic mass is 16.3. The topological polar surface area (TPSA) is 88.6 Å². The molecule has 2 unspecified atom stereocenters. The van der Waals surface area contributed by atoms with Crippen molar-refractivity contribution < 1.29 is 9.90 Å². The van der Waals surface area contributed by atoms with E-state index in [1.54, 1.807) is 24.4 Å². The Morgan fingerprint density at radius 1 is 1.20 bits per heavy atom. The van der Waals surface area contributed by atoms with Gasteiger partial charge in [0, 0.05) is 12.2 Å². The third kappa shape index (κ3) is 3.95. The highest BCUT2D eigenvalue weighted by molar-refractivity contribution is 5.75. The van der Waals surface area contributed by atoms with Crippen molar-refractivity contribution in [2.75, 3.05) is 0 Å². The molecule has 2 N–H and O–H groups in total. The molecule has 0 radical (unpaired) electrons. The molecular formula is C18H20N4O3. The summed E-state index contributed by atoms with van der Waals surface area (Å²) in [4.78, 5) is 24.3. The van der Waals surface area contributed by atoms with Crippen molar-refractivity contribution in [2.45, 2.75) is 32.0 Å². The molecule has 0 saturated heterocycles. The molecular weight excluding hydrogens is 320 g/mol. The van der Waals surface area contributed by atoms with Crippen molar-refractivity contribution in [3.05, 3.63) is 70.8 Å². The van der Waals surface area contributed by atoms with Gasteiger partial charge in [-0.25, -0.2) is 9.48 Å². The van der Waals surface area contributed by atoms with E-state index in [2.05, 4.69) is 10.4 Å². The summed E-state index contributed by atoms with van der Waals surface area (Å²) in [5.41, 5.74) is 0.941. The summed E-state index contributed by atoms with van der Waals surface area (Å²) >= 11 is 0. The van der Waals surface area contributed by atoms with E-state index in [4.69, 9.17) is 0 Å². The highest BCUT2D eigenvalue weighted by Crippen LogP contribution is 2.17. The Morgan fingerprint density at radius 2 is 1.92 bits per heavy atom. The molecule has 1 amide bonds. The quantitative estimate of drug-likeness (QED) is 0.704. The van der Waals surface area contributed by atoms with Gasteiger partial charge in [0.1, 0.15) is 6.54 Å². The SMILES string of the molecule is CC(CC(O)c1ccccc1)NC(=O)Cn1nc2ccccn2c1=O. The molecule has 130 valence electrons. The Hall–Kier alpha value is -2.93. The van der Waals surface area contributed by atoms with E-state index in [0.29, 0.717) is 12.1 Å². The van der Waals surface area contributed by atoms with E-state index >= 15 is 0 Å². The number of benzene rings is 1. The van der Waals surface area contributed by atoms with Gasteiger partial charge in [-0.3, -0.25) is 9.20 Å². The van der Waals surface area contributed by atoms with Crippen LogP contribution < -0.4 is 11.0 Å². The first-order chi connectivity index (χ1) is 12.0. The third-order valence-corrected chi connectivity index (χ3v) is 3.95. The largest absolute Gasteiger partial charge is 0.388 e. The van der Waals surface area contributed by atoms with Crippen LogP contribution in [0, 0.1) is 0 Å². The first-order valence-corrected chi connectivity index (χ1v) is 8.11. The Kier molecular flexibility index (Phi) is 4.95. The molecule has 7 nitrogen and oxygen atoms in total. The number of pyridine rings is 1. The van der Waals surface area contributed by atoms with Gasteiger partial charge in [-0.05, 0) is 31.0 Å². The van der Waals surface area contributed by atoms with Gasteiger partial charge in [-0.2, -0.15) is 0 Å². The molecule has 0 saturated carbocycles. The van der Waals surface area contributed by atoms with Crippen LogP contribution >= 0.6 is 0 Å². The average Bonchev–Trinajstić information content (AvgIpc) is 2.91. The van der Waals surface area contributed by atoms with E-state index in [9.17, 15) is 14.7 Å². The normalized spacial score (nSPS) is 13.5. The van der Waals surface area contributed by atoms with Crippen LogP contribution in [0.4, 0.5) is 0 Å². The average molecular weight is 340 g/mol. The van der Waals surface area contributed by atoms with Crippen LogP contribution in [0.25, 0.3) is 5.65 Å². The predicted molar refractivity (Wildman–Crippen MR) is 93.1 cm³/mol. The second kappa shape index (κ2) is 7.31. The fourth-order valence-electron chi connectivity index (χ4n) is 2.73. The number of rotatable bonds is 6. The van der Waals surface area contributed by atoms with Crippen molar-refractivity contribution in [3.8, 4) is 0 Å². The number of hydrogen-bond donors (Lipinski definition) is 2. The lowest BCUT2D eigenvalue weighted by molar-refractivity contribution is -0.122. The van der Waals surface area contributed by atoms with E-state index in [1.807, 2.05) is 37.3 Å². The molecule has 0 aliphatic heterocycles. The smallest absolute Gasteiger partial charge is 0.350 e. The van der Waals surface area contributed by atoms with Crippen molar-refractivity contribution in [1.82, 2.24) is 19.5 Å². The lowest BCUT2D eigenvalue weighted by Crippen LogP contribution is -2.38. The molecule has 0 fully saturated rings. The maximum Gasteiger partial charge on any atom is 0.350 e. The number of hydrogen-bond acceptors (Lipinski definition) is 4. The fraction of sp³-hybridized carbons (Fsp3) is 0.278. The Labute approximate surface area is 144 Å². The van der Waals surface area contributed by atoms with Crippen molar-refractivity contribution in [1.29, 1.82) is 0 Å². The summed E-state index contributed by atoms with van der Waals surface area (Å²) in [6, 6.07) is 14.3. The molecule has 3 aromatic rings. The monoisotopic (exact) mass is 340 g/mol. The van der Waals surface area contributed by atoms with Crippen LogP contribution in [0.15, 0.2) is 59.5 Å². The van der Waals surface area contributed by atoms with Gasteiger partial charge in [0.15, 0.2) is 5.65 Å². The van der Waals surface area contributed by atoms with Gasteiger partial charge in [0.25, 0.3) is 0 Å². The molecule has 2 heterocycles. The number of fused-ring (bicyclic) bond motifs is 1. The summed E-state index contributed by atoms with van der Waals surface area (Å²) in [5.74, 6) is -0.321. The van der Waals surface area contributed by atoms with E-state index < -0.39 is 6.10 Å². The summed E-state index contributed by atoms with van der Waals surface area (Å²) in [7, 11) is 0. The third-order valence-electron chi connectivity index (χ3n) is 3.95. The number of nitrogens with zero attached hydrogens (tertiary/aromatic N) is 3. The predicted octanol–water partition coefficient (Wildman–Crippen LogP) is 1.12. The van der Waals surface area contributed by atoms with Gasteiger partial charge >= 0.3 is 5.69 Å². The second-order valence-corrected chi connectivity index (χ2v) is 6.00. The van der Waals surface area contributed by atoms with Crippen LogP contribution in [-0.4, -0.2) is 31.2 Å². The number of carbonyl (C=O) groups excluding carboxylic acids is 1. The van der Waals surface area contributed by atoms with E-state index in [-0.39, 0.29) is 24.2 Å². The van der Waals surface area contributed by atoms with Crippen molar-refractivity contribution >= 4 is 11.6 Å². The van der Waals surface area contributed by atoms with Crippen molar-refractivity contribution in [2.24, 2.45) is 0 Å². The maximum atomic E-state index is 12.2. The lowest BCUT2D eigenvalue weighted by atomic mass is 10.0. The minimum atomic E-state index is -0.658. The molecule has 0 aliphatic carbocycles. The number of nitrogens with one attached hydrogen (secondary N) is 1. The molecule has 2 aromatic heterocycles. The Bertz CT molecular complexity index is 917. The summed E-state index contributed by atoms with van der Waals surface area (Å²) < 4.78 is 2.51. The minimum absolute atomic E-state index is 0.160. The lowest BCUT2D eigenvalue weighted by Gasteiger charge is -2.18. The van der Waals surface area contributed by atoms with Crippen LogP contribution in [0.2, 0.25) is 0 Å². The zero-order valence-corrected chi connectivity index (χ0v) is 13.9. The van der Waals surface area contributed by atoms with Crippen LogP contribution in [0.3, 0.4) is 0 Å². The molecule has 2 atom stereocenters. The maximum absolute atomic E-state index is 12.2. The zero-order chi connectivity index (χ0) is 17.8. The molecule has 3 rings (SSSR count). The van der Waals surface area contributed by atoms with Gasteiger partial charge in [0.2, 0.25) is 5.91 Å². The second-order valence-electron chi connectivity index (χ2n) is 6.00. The molecule has 25 heavy (non-hydrogen) atoms. The van der Waals surface area contributed by atoms with Gasteiger partial charge < -0.3 is 10.4 Å². The van der Waals surface area contributed by atoms with Gasteiger partial charge in [0.05, 0.1) is 6.10 Å². The zero-order valence-electron chi connectivity index (χ0n) is 13.9. The molecule has 1 aromatic carbocycles. The van der Waals surface area contributed by atoms with Crippen molar-refractivity contribution in [3.63, 3.8) is 0 Å². The van der Waals surface area contributed by atoms with E-state index in [1.165, 1.54) is 4.40 Å². The number of aliphatic hydroxyl groups excluding tert-OH is 1. The van der Waals surface area contributed by atoms with Crippen LogP contribution in [-0.2, 0) is 11.3 Å². The number of aromatic nitrogens is 3. The van der Waals surface area contributed by atoms with Crippen LogP contribution in [0.5, 0.6) is 0 Å². The highest BCUT2D eigenvalue weighted by Gasteiger charge is 2.16. The molecule has 0 aliphatic rings. The standard InChI is InChI=1S/C18H20N4O3/c1-13(11-15(23)14-7-3-2-4-8-14)19-17(24)12-22-18(25)21-10-6-5-9-16(21)20-22/h2-10,13,15,23H,11-12H2,1H3,(H,19,24). The van der Waals surface area contributed by atoms with Gasteiger partial charge in [-0.1, -0.05) is 36.4 Å². The first-order valence-electron chi connectivity index (χ1n) is 8.11. The molecule has 7 heteroatoms. The Morgan fingerprint density at radius 3 is 2.64 bits per heavy atom. The fourth-order valence-corrected chi connectivity index (χ4v) is 2.73. The molecule has 0 bridgehead atoms. The molecule has 0 spiro atoms. The van der Waals surface area contributed by atoms with Crippen LogP contribution in [0.1, 0.15) is 25.0 Å². The van der Waals surface area contributed by atoms with E-state index in [0.717, 1.165) is 10.2 Å². The Balaban J connectivity index is 1.60.